The van der Waals surface area contributed by atoms with Crippen molar-refractivity contribution in [1.82, 2.24) is 19.4 Å². The summed E-state index contributed by atoms with van der Waals surface area (Å²) in [5.41, 5.74) is 4.11. The van der Waals surface area contributed by atoms with E-state index < -0.39 is 0 Å². The predicted octanol–water partition coefficient (Wildman–Crippen LogP) is 2.10. The van der Waals surface area contributed by atoms with E-state index in [-0.39, 0.29) is 11.5 Å². The molecule has 0 saturated heterocycles. The van der Waals surface area contributed by atoms with Crippen LogP contribution in [0.15, 0.2) is 46.1 Å². The van der Waals surface area contributed by atoms with Gasteiger partial charge in [0.05, 0.1) is 11.4 Å². The Morgan fingerprint density at radius 2 is 2.12 bits per heavy atom. The van der Waals surface area contributed by atoms with Crippen LogP contribution >= 0.6 is 11.3 Å². The molecular weight excluding hydrogens is 336 g/mol. The molecule has 0 fully saturated rings. The topological polar surface area (TPSA) is 68.1 Å². The highest BCUT2D eigenvalue weighted by molar-refractivity contribution is 7.08. The van der Waals surface area contributed by atoms with Gasteiger partial charge in [-0.2, -0.15) is 11.3 Å². The first kappa shape index (κ1) is 15.7. The molecule has 0 radical (unpaired) electrons. The molecule has 1 aliphatic heterocycles. The number of amides is 1. The number of fused-ring (bicyclic) bond motifs is 1. The number of carbonyl (C=O) groups is 1. The summed E-state index contributed by atoms with van der Waals surface area (Å²) in [6.45, 7) is 1.03. The molecule has 25 heavy (non-hydrogen) atoms. The number of nitrogens with zero attached hydrogens (tertiary/aromatic N) is 4. The molecule has 1 amide bonds. The highest BCUT2D eigenvalue weighted by Gasteiger charge is 2.26. The Kier molecular flexibility index (Phi) is 3.93. The maximum absolute atomic E-state index is 12.9. The van der Waals surface area contributed by atoms with E-state index in [4.69, 9.17) is 0 Å². The zero-order valence-electron chi connectivity index (χ0n) is 13.7. The highest BCUT2D eigenvalue weighted by atomic mass is 32.1. The molecule has 0 N–H and O–H groups in total. The third-order valence-electron chi connectivity index (χ3n) is 4.49. The number of carbonyl (C=O) groups excluding carboxylic acids is 1. The van der Waals surface area contributed by atoms with Gasteiger partial charge in [0, 0.05) is 49.1 Å². The highest BCUT2D eigenvalue weighted by Crippen LogP contribution is 2.29. The Morgan fingerprint density at radius 3 is 2.92 bits per heavy atom. The molecule has 0 aromatic carbocycles. The molecule has 0 atom stereocenters. The lowest BCUT2D eigenvalue weighted by Gasteiger charge is -2.29. The zero-order chi connectivity index (χ0) is 17.4. The summed E-state index contributed by atoms with van der Waals surface area (Å²) in [6.07, 6.45) is 2.27. The van der Waals surface area contributed by atoms with Crippen molar-refractivity contribution in [1.29, 1.82) is 0 Å². The third kappa shape index (κ3) is 2.76. The largest absolute Gasteiger partial charge is 0.333 e. The molecule has 3 aromatic heterocycles. The molecule has 4 heterocycles. The Bertz CT molecular complexity index is 995. The first-order valence-corrected chi connectivity index (χ1v) is 8.90. The summed E-state index contributed by atoms with van der Waals surface area (Å²) in [4.78, 5) is 35.3. The molecule has 0 saturated carbocycles. The van der Waals surface area contributed by atoms with Crippen LogP contribution in [-0.4, -0.2) is 31.9 Å². The van der Waals surface area contributed by atoms with Crippen LogP contribution in [0.3, 0.4) is 0 Å². The number of thiophene rings is 1. The van der Waals surface area contributed by atoms with Crippen molar-refractivity contribution >= 4 is 17.2 Å². The fraction of sp³-hybridized carbons (Fsp3) is 0.222. The van der Waals surface area contributed by atoms with Gasteiger partial charge in [0.15, 0.2) is 0 Å². The molecular formula is C18H16N4O2S. The van der Waals surface area contributed by atoms with E-state index in [1.54, 1.807) is 41.7 Å². The van der Waals surface area contributed by atoms with E-state index in [0.29, 0.717) is 25.2 Å². The molecule has 0 bridgehead atoms. The number of hydrogen-bond acceptors (Lipinski definition) is 5. The standard InChI is InChI=1S/C18H16N4O2S/c1-21-15(3-2-4-16(21)23)18(24)22-7-5-14-13(9-22)17(20-11-19-14)12-6-8-25-10-12/h2-4,6,8,10-11H,5,7,9H2,1H3. The van der Waals surface area contributed by atoms with Crippen molar-refractivity contribution in [2.45, 2.75) is 13.0 Å². The zero-order valence-corrected chi connectivity index (χ0v) is 14.5. The second-order valence-electron chi connectivity index (χ2n) is 5.94. The summed E-state index contributed by atoms with van der Waals surface area (Å²) in [5, 5.41) is 4.06. The van der Waals surface area contributed by atoms with E-state index in [1.807, 2.05) is 16.8 Å². The molecule has 0 unspecified atom stereocenters. The van der Waals surface area contributed by atoms with E-state index in [1.165, 1.54) is 10.6 Å². The second kappa shape index (κ2) is 6.25. The van der Waals surface area contributed by atoms with Gasteiger partial charge >= 0.3 is 0 Å². The molecule has 6 nitrogen and oxygen atoms in total. The molecule has 0 aliphatic carbocycles. The van der Waals surface area contributed by atoms with Gasteiger partial charge in [0.25, 0.3) is 11.5 Å². The van der Waals surface area contributed by atoms with Crippen LogP contribution in [0.5, 0.6) is 0 Å². The number of pyridine rings is 1. The first-order valence-electron chi connectivity index (χ1n) is 7.96. The molecule has 0 spiro atoms. The van der Waals surface area contributed by atoms with Crippen molar-refractivity contribution in [3.63, 3.8) is 0 Å². The van der Waals surface area contributed by atoms with Gasteiger partial charge in [-0.05, 0) is 17.5 Å². The lowest BCUT2D eigenvalue weighted by molar-refractivity contribution is 0.0722. The molecule has 4 rings (SSSR count). The lowest BCUT2D eigenvalue weighted by Crippen LogP contribution is -2.39. The van der Waals surface area contributed by atoms with Gasteiger partial charge in [-0.1, -0.05) is 6.07 Å². The van der Waals surface area contributed by atoms with Crippen molar-refractivity contribution in [3.05, 3.63) is 68.7 Å². The van der Waals surface area contributed by atoms with Crippen LogP contribution in [0, 0.1) is 0 Å². The molecule has 1 aliphatic rings. The normalized spacial score (nSPS) is 13.6. The van der Waals surface area contributed by atoms with Crippen LogP contribution in [0.25, 0.3) is 11.3 Å². The van der Waals surface area contributed by atoms with Gasteiger partial charge in [0.1, 0.15) is 12.0 Å². The minimum atomic E-state index is -0.189. The van der Waals surface area contributed by atoms with E-state index in [0.717, 1.165) is 22.5 Å². The number of hydrogen-bond donors (Lipinski definition) is 0. The van der Waals surface area contributed by atoms with Crippen molar-refractivity contribution < 1.29 is 4.79 Å². The Morgan fingerprint density at radius 1 is 1.24 bits per heavy atom. The number of aromatic nitrogens is 3. The molecule has 3 aromatic rings. The Hall–Kier alpha value is -2.80. The number of rotatable bonds is 2. The summed E-state index contributed by atoms with van der Waals surface area (Å²) < 4.78 is 1.39. The fourth-order valence-electron chi connectivity index (χ4n) is 3.10. The van der Waals surface area contributed by atoms with Crippen LogP contribution in [0.2, 0.25) is 0 Å². The van der Waals surface area contributed by atoms with Crippen LogP contribution in [0.4, 0.5) is 0 Å². The van der Waals surface area contributed by atoms with Gasteiger partial charge in [-0.25, -0.2) is 9.97 Å². The van der Waals surface area contributed by atoms with Gasteiger partial charge in [-0.15, -0.1) is 0 Å². The Balaban J connectivity index is 1.70. The average Bonchev–Trinajstić information content (AvgIpc) is 3.17. The fourth-order valence-corrected chi connectivity index (χ4v) is 3.74. The summed E-state index contributed by atoms with van der Waals surface area (Å²) in [7, 11) is 1.62. The second-order valence-corrected chi connectivity index (χ2v) is 6.72. The summed E-state index contributed by atoms with van der Waals surface area (Å²) in [5.74, 6) is -0.147. The van der Waals surface area contributed by atoms with E-state index >= 15 is 0 Å². The van der Waals surface area contributed by atoms with Crippen LogP contribution < -0.4 is 5.56 Å². The van der Waals surface area contributed by atoms with Gasteiger partial charge < -0.3 is 9.47 Å². The smallest absolute Gasteiger partial charge is 0.270 e. The van der Waals surface area contributed by atoms with Gasteiger partial charge in [-0.3, -0.25) is 9.59 Å². The lowest BCUT2D eigenvalue weighted by atomic mass is 10.0. The molecule has 7 heteroatoms. The van der Waals surface area contributed by atoms with Gasteiger partial charge in [0.2, 0.25) is 0 Å². The quantitative estimate of drug-likeness (QED) is 0.708. The van der Waals surface area contributed by atoms with Crippen LogP contribution in [0.1, 0.15) is 21.7 Å². The maximum Gasteiger partial charge on any atom is 0.270 e. The third-order valence-corrected chi connectivity index (χ3v) is 5.17. The minimum Gasteiger partial charge on any atom is -0.333 e. The maximum atomic E-state index is 12.9. The van der Waals surface area contributed by atoms with Crippen LogP contribution in [-0.2, 0) is 20.0 Å². The van der Waals surface area contributed by atoms with E-state index in [9.17, 15) is 9.59 Å². The van der Waals surface area contributed by atoms with Crippen molar-refractivity contribution in [2.75, 3.05) is 6.54 Å². The average molecular weight is 352 g/mol. The van der Waals surface area contributed by atoms with E-state index in [2.05, 4.69) is 9.97 Å². The molecule has 126 valence electrons. The predicted molar refractivity (Wildman–Crippen MR) is 95.5 cm³/mol. The SMILES string of the molecule is Cn1c(C(=O)N2CCc3ncnc(-c4ccsc4)c3C2)cccc1=O. The first-order chi connectivity index (χ1) is 12.1. The van der Waals surface area contributed by atoms with Crippen molar-refractivity contribution in [2.24, 2.45) is 7.05 Å². The summed E-state index contributed by atoms with van der Waals surface area (Å²) >= 11 is 1.61. The van der Waals surface area contributed by atoms with Crippen molar-refractivity contribution in [3.8, 4) is 11.3 Å². The Labute approximate surface area is 148 Å². The monoisotopic (exact) mass is 352 g/mol. The minimum absolute atomic E-state index is 0.147. The summed E-state index contributed by atoms with van der Waals surface area (Å²) in [6, 6.07) is 6.77.